The van der Waals surface area contributed by atoms with Gasteiger partial charge in [0.25, 0.3) is 4.82 Å². The highest BCUT2D eigenvalue weighted by molar-refractivity contribution is 9.18. The summed E-state index contributed by atoms with van der Waals surface area (Å²) in [6.45, 7) is 1.94. The fourth-order valence-corrected chi connectivity index (χ4v) is 1.03. The first-order valence-corrected chi connectivity index (χ1v) is 4.01. The van der Waals surface area contributed by atoms with E-state index in [4.69, 9.17) is 0 Å². The number of para-hydroxylation sites is 1. The highest BCUT2D eigenvalue weighted by Crippen LogP contribution is 2.13. The van der Waals surface area contributed by atoms with Crippen LogP contribution in [-0.4, -0.2) is 4.82 Å². The molecule has 0 aromatic heterocycles. The van der Waals surface area contributed by atoms with E-state index in [-0.39, 0.29) is 4.82 Å². The number of halogens is 1. The zero-order valence-electron chi connectivity index (χ0n) is 6.10. The van der Waals surface area contributed by atoms with Crippen molar-refractivity contribution in [3.05, 3.63) is 29.8 Å². The molecule has 0 aliphatic rings. The molecule has 0 saturated carbocycles. The topological polar surface area (TPSA) is 29.1 Å². The largest absolute Gasteiger partial charge is 0.316 e. The monoisotopic (exact) mass is 213 g/mol. The van der Waals surface area contributed by atoms with Crippen molar-refractivity contribution < 1.29 is 4.79 Å². The summed E-state index contributed by atoms with van der Waals surface area (Å²) < 4.78 is 0. The minimum absolute atomic E-state index is 0.216. The first kappa shape index (κ1) is 8.27. The molecule has 0 unspecified atom stereocenters. The molecule has 1 amide bonds. The van der Waals surface area contributed by atoms with Gasteiger partial charge in [-0.2, -0.15) is 0 Å². The SMILES string of the molecule is Cc1ccccc1NC(=O)Br. The molecule has 0 aliphatic heterocycles. The quantitative estimate of drug-likeness (QED) is 0.565. The smallest absolute Gasteiger partial charge is 0.291 e. The molecule has 0 aliphatic carbocycles. The second-order valence-corrected chi connectivity index (χ2v) is 2.93. The molecule has 11 heavy (non-hydrogen) atoms. The fourth-order valence-electron chi connectivity index (χ4n) is 0.819. The molecule has 1 aromatic carbocycles. The minimum Gasteiger partial charge on any atom is -0.316 e. The molecule has 0 atom stereocenters. The van der Waals surface area contributed by atoms with Crippen LogP contribution in [0, 0.1) is 6.92 Å². The Morgan fingerprint density at radius 1 is 1.45 bits per heavy atom. The van der Waals surface area contributed by atoms with Gasteiger partial charge in [0.15, 0.2) is 0 Å². The molecule has 58 valence electrons. The molecule has 2 nitrogen and oxygen atoms in total. The zero-order chi connectivity index (χ0) is 8.27. The molecule has 3 heteroatoms. The predicted molar refractivity (Wildman–Crippen MR) is 49.1 cm³/mol. The van der Waals surface area contributed by atoms with Crippen LogP contribution in [0.15, 0.2) is 24.3 Å². The standard InChI is InChI=1S/C8H8BrNO/c1-6-4-2-3-5-7(6)10-8(9)11/h2-5H,1H3,(H,10,11). The predicted octanol–water partition coefficient (Wildman–Crippen LogP) is 2.92. The lowest BCUT2D eigenvalue weighted by Gasteiger charge is -2.02. The Balaban J connectivity index is 2.86. The van der Waals surface area contributed by atoms with Gasteiger partial charge in [0.2, 0.25) is 0 Å². The Kier molecular flexibility index (Phi) is 2.65. The molecule has 1 aromatic rings. The van der Waals surface area contributed by atoms with E-state index >= 15 is 0 Å². The van der Waals surface area contributed by atoms with Gasteiger partial charge in [0.1, 0.15) is 0 Å². The van der Waals surface area contributed by atoms with Crippen molar-refractivity contribution in [1.82, 2.24) is 0 Å². The number of amides is 1. The second-order valence-electron chi connectivity index (χ2n) is 2.21. The molecule has 1 rings (SSSR count). The van der Waals surface area contributed by atoms with Gasteiger partial charge in [0, 0.05) is 21.6 Å². The van der Waals surface area contributed by atoms with Crippen LogP contribution >= 0.6 is 15.9 Å². The van der Waals surface area contributed by atoms with E-state index in [1.54, 1.807) is 0 Å². The Morgan fingerprint density at radius 3 is 2.64 bits per heavy atom. The Hall–Kier alpha value is -0.830. The van der Waals surface area contributed by atoms with Crippen LogP contribution in [0.3, 0.4) is 0 Å². The normalized spacial score (nSPS) is 9.27. The van der Waals surface area contributed by atoms with E-state index in [1.165, 1.54) is 0 Å². The van der Waals surface area contributed by atoms with Crippen LogP contribution < -0.4 is 5.32 Å². The molecular formula is C8H8BrNO. The van der Waals surface area contributed by atoms with Crippen molar-refractivity contribution in [2.24, 2.45) is 0 Å². The summed E-state index contributed by atoms with van der Waals surface area (Å²) in [6.07, 6.45) is 0. The number of rotatable bonds is 1. The number of carbonyl (C=O) groups excluding carboxylic acids is 1. The van der Waals surface area contributed by atoms with Crippen molar-refractivity contribution in [1.29, 1.82) is 0 Å². The van der Waals surface area contributed by atoms with Gasteiger partial charge in [-0.05, 0) is 18.6 Å². The highest BCUT2D eigenvalue weighted by atomic mass is 79.9. The van der Waals surface area contributed by atoms with Gasteiger partial charge < -0.3 is 5.32 Å². The van der Waals surface area contributed by atoms with E-state index in [2.05, 4.69) is 21.2 Å². The maximum Gasteiger partial charge on any atom is 0.291 e. The number of hydrogen-bond donors (Lipinski definition) is 1. The van der Waals surface area contributed by atoms with Crippen molar-refractivity contribution in [2.45, 2.75) is 6.92 Å². The molecular weight excluding hydrogens is 206 g/mol. The van der Waals surface area contributed by atoms with E-state index in [9.17, 15) is 4.79 Å². The lowest BCUT2D eigenvalue weighted by atomic mass is 10.2. The third-order valence-corrected chi connectivity index (χ3v) is 1.58. The van der Waals surface area contributed by atoms with Crippen LogP contribution in [0.2, 0.25) is 0 Å². The Labute approximate surface area is 73.7 Å². The van der Waals surface area contributed by atoms with E-state index < -0.39 is 0 Å². The molecule has 0 radical (unpaired) electrons. The maximum atomic E-state index is 10.6. The number of nitrogens with one attached hydrogen (secondary N) is 1. The third kappa shape index (κ3) is 2.35. The minimum atomic E-state index is -0.216. The Bertz CT molecular complexity index is 273. The van der Waals surface area contributed by atoms with Crippen LogP contribution in [0.5, 0.6) is 0 Å². The van der Waals surface area contributed by atoms with Crippen LogP contribution in [0.25, 0.3) is 0 Å². The number of aryl methyl sites for hydroxylation is 1. The van der Waals surface area contributed by atoms with Crippen molar-refractivity contribution in [3.63, 3.8) is 0 Å². The summed E-state index contributed by atoms with van der Waals surface area (Å²) in [5, 5.41) is 2.65. The van der Waals surface area contributed by atoms with E-state index in [1.807, 2.05) is 31.2 Å². The summed E-state index contributed by atoms with van der Waals surface area (Å²) in [5.41, 5.74) is 1.90. The zero-order valence-corrected chi connectivity index (χ0v) is 7.68. The van der Waals surface area contributed by atoms with Gasteiger partial charge in [0.05, 0.1) is 0 Å². The van der Waals surface area contributed by atoms with Gasteiger partial charge in [-0.25, -0.2) is 0 Å². The molecule has 0 bridgehead atoms. The summed E-state index contributed by atoms with van der Waals surface area (Å²) in [7, 11) is 0. The number of carbonyl (C=O) groups is 1. The van der Waals surface area contributed by atoms with Crippen molar-refractivity contribution in [3.8, 4) is 0 Å². The summed E-state index contributed by atoms with van der Waals surface area (Å²) in [6, 6.07) is 7.61. The molecule has 0 fully saturated rings. The van der Waals surface area contributed by atoms with Gasteiger partial charge in [-0.15, -0.1) is 0 Å². The number of benzene rings is 1. The van der Waals surface area contributed by atoms with Gasteiger partial charge in [-0.1, -0.05) is 18.2 Å². The number of hydrogen-bond acceptors (Lipinski definition) is 1. The van der Waals surface area contributed by atoms with Crippen molar-refractivity contribution in [2.75, 3.05) is 5.32 Å². The summed E-state index contributed by atoms with van der Waals surface area (Å²) in [4.78, 5) is 10.4. The van der Waals surface area contributed by atoms with Crippen LogP contribution in [0.4, 0.5) is 10.5 Å². The van der Waals surface area contributed by atoms with E-state index in [0.29, 0.717) is 0 Å². The maximum absolute atomic E-state index is 10.6. The lowest BCUT2D eigenvalue weighted by molar-refractivity contribution is 0.270. The molecule has 1 N–H and O–H groups in total. The average Bonchev–Trinajstić information content (AvgIpc) is 1.93. The van der Waals surface area contributed by atoms with E-state index in [0.717, 1.165) is 11.3 Å². The Morgan fingerprint density at radius 2 is 2.09 bits per heavy atom. The number of anilines is 1. The highest BCUT2D eigenvalue weighted by Gasteiger charge is 1.97. The molecule has 0 saturated heterocycles. The average molecular weight is 214 g/mol. The summed E-state index contributed by atoms with van der Waals surface area (Å²) in [5.74, 6) is 0. The second kappa shape index (κ2) is 3.53. The molecule has 0 spiro atoms. The summed E-state index contributed by atoms with van der Waals surface area (Å²) >= 11 is 2.80. The van der Waals surface area contributed by atoms with Crippen LogP contribution in [0.1, 0.15) is 5.56 Å². The first-order chi connectivity index (χ1) is 5.20. The van der Waals surface area contributed by atoms with Gasteiger partial charge >= 0.3 is 0 Å². The lowest BCUT2D eigenvalue weighted by Crippen LogP contribution is -2.01. The fraction of sp³-hybridized carbons (Fsp3) is 0.125. The van der Waals surface area contributed by atoms with Gasteiger partial charge in [-0.3, -0.25) is 4.79 Å². The first-order valence-electron chi connectivity index (χ1n) is 3.22. The third-order valence-electron chi connectivity index (χ3n) is 1.38. The van der Waals surface area contributed by atoms with Crippen LogP contribution in [-0.2, 0) is 0 Å². The van der Waals surface area contributed by atoms with Crippen molar-refractivity contribution >= 4 is 26.4 Å². The molecule has 0 heterocycles.